The van der Waals surface area contributed by atoms with Gasteiger partial charge in [0.2, 0.25) is 10.0 Å². The van der Waals surface area contributed by atoms with Crippen molar-refractivity contribution in [3.8, 4) is 0 Å². The topological polar surface area (TPSA) is 72.2 Å². The highest BCUT2D eigenvalue weighted by Crippen LogP contribution is 2.13. The summed E-state index contributed by atoms with van der Waals surface area (Å²) >= 11 is 4.88. The minimum Gasteiger partial charge on any atom is -0.389 e. The SMILES string of the molecule is CCCCCCC(C)NS(=O)(=O)c1cccc(C(N)=S)c1. The van der Waals surface area contributed by atoms with Crippen LogP contribution in [0.5, 0.6) is 0 Å². The molecule has 0 amide bonds. The zero-order valence-corrected chi connectivity index (χ0v) is 14.3. The van der Waals surface area contributed by atoms with Crippen LogP contribution < -0.4 is 10.5 Å². The Morgan fingerprint density at radius 2 is 2.05 bits per heavy atom. The Bertz CT molecular complexity index is 571. The third-order valence-electron chi connectivity index (χ3n) is 3.28. The van der Waals surface area contributed by atoms with Gasteiger partial charge in [-0.3, -0.25) is 0 Å². The first-order chi connectivity index (χ1) is 9.86. The molecule has 1 aromatic carbocycles. The highest BCUT2D eigenvalue weighted by Gasteiger charge is 2.17. The second-order valence-corrected chi connectivity index (χ2v) is 7.42. The molecule has 3 N–H and O–H groups in total. The average Bonchev–Trinajstić information content (AvgIpc) is 2.43. The number of sulfonamides is 1. The number of rotatable bonds is 9. The van der Waals surface area contributed by atoms with Crippen molar-refractivity contribution < 1.29 is 8.42 Å². The van der Waals surface area contributed by atoms with E-state index in [1.54, 1.807) is 18.2 Å². The van der Waals surface area contributed by atoms with Crippen molar-refractivity contribution in [2.75, 3.05) is 0 Å². The molecule has 0 radical (unpaired) electrons. The molecule has 1 atom stereocenters. The molecule has 21 heavy (non-hydrogen) atoms. The predicted octanol–water partition coefficient (Wildman–Crippen LogP) is 2.96. The molecular formula is C15H24N2O2S2. The van der Waals surface area contributed by atoms with Crippen LogP contribution in [0.3, 0.4) is 0 Å². The molecule has 1 rings (SSSR count). The number of nitrogens with two attached hydrogens (primary N) is 1. The Kier molecular flexibility index (Phi) is 7.28. The number of nitrogens with one attached hydrogen (secondary N) is 1. The van der Waals surface area contributed by atoms with E-state index >= 15 is 0 Å². The Morgan fingerprint density at radius 1 is 1.33 bits per heavy atom. The zero-order valence-electron chi connectivity index (χ0n) is 12.6. The molecule has 6 heteroatoms. The molecule has 1 unspecified atom stereocenters. The van der Waals surface area contributed by atoms with Gasteiger partial charge in [0.25, 0.3) is 0 Å². The summed E-state index contributed by atoms with van der Waals surface area (Å²) in [5.41, 5.74) is 6.10. The van der Waals surface area contributed by atoms with E-state index in [4.69, 9.17) is 18.0 Å². The van der Waals surface area contributed by atoms with Crippen LogP contribution in [0, 0.1) is 0 Å². The van der Waals surface area contributed by atoms with Gasteiger partial charge < -0.3 is 5.73 Å². The quantitative estimate of drug-likeness (QED) is 0.540. The Labute approximate surface area is 133 Å². The molecule has 0 aliphatic carbocycles. The summed E-state index contributed by atoms with van der Waals surface area (Å²) in [5, 5.41) is 0. The summed E-state index contributed by atoms with van der Waals surface area (Å²) in [5.74, 6) is 0. The van der Waals surface area contributed by atoms with Crippen LogP contribution in [-0.4, -0.2) is 19.4 Å². The van der Waals surface area contributed by atoms with Crippen molar-refractivity contribution in [1.29, 1.82) is 0 Å². The molecule has 0 saturated carbocycles. The van der Waals surface area contributed by atoms with Gasteiger partial charge in [0.1, 0.15) is 4.99 Å². The molecule has 0 heterocycles. The summed E-state index contributed by atoms with van der Waals surface area (Å²) < 4.78 is 27.3. The molecule has 0 bridgehead atoms. The van der Waals surface area contributed by atoms with Crippen LogP contribution in [0.4, 0.5) is 0 Å². The normalized spacial score (nSPS) is 13.0. The van der Waals surface area contributed by atoms with E-state index in [1.165, 1.54) is 18.9 Å². The minimum absolute atomic E-state index is 0.0830. The number of hydrogen-bond donors (Lipinski definition) is 2. The zero-order chi connectivity index (χ0) is 15.9. The Balaban J connectivity index is 2.68. The molecule has 0 spiro atoms. The molecule has 1 aromatic rings. The summed E-state index contributed by atoms with van der Waals surface area (Å²) in [4.78, 5) is 0.396. The van der Waals surface area contributed by atoms with Gasteiger partial charge in [-0.25, -0.2) is 13.1 Å². The van der Waals surface area contributed by atoms with Crippen LogP contribution in [0.2, 0.25) is 0 Å². The lowest BCUT2D eigenvalue weighted by Gasteiger charge is -2.14. The summed E-state index contributed by atoms with van der Waals surface area (Å²) in [6.45, 7) is 4.04. The van der Waals surface area contributed by atoms with Gasteiger partial charge in [-0.15, -0.1) is 0 Å². The fourth-order valence-electron chi connectivity index (χ4n) is 2.09. The minimum atomic E-state index is -3.52. The van der Waals surface area contributed by atoms with Crippen LogP contribution in [-0.2, 0) is 10.0 Å². The smallest absolute Gasteiger partial charge is 0.240 e. The largest absolute Gasteiger partial charge is 0.389 e. The lowest BCUT2D eigenvalue weighted by molar-refractivity contribution is 0.522. The molecule has 0 saturated heterocycles. The van der Waals surface area contributed by atoms with E-state index in [0.29, 0.717) is 5.56 Å². The summed E-state index contributed by atoms with van der Waals surface area (Å²) in [6, 6.07) is 6.33. The lowest BCUT2D eigenvalue weighted by Crippen LogP contribution is -2.32. The van der Waals surface area contributed by atoms with Crippen molar-refractivity contribution in [3.63, 3.8) is 0 Å². The Hall–Kier alpha value is -0.980. The van der Waals surface area contributed by atoms with E-state index in [0.717, 1.165) is 19.3 Å². The number of hydrogen-bond acceptors (Lipinski definition) is 3. The van der Waals surface area contributed by atoms with Crippen molar-refractivity contribution in [2.45, 2.75) is 56.9 Å². The lowest BCUT2D eigenvalue weighted by atomic mass is 10.1. The van der Waals surface area contributed by atoms with Gasteiger partial charge in [-0.2, -0.15) is 0 Å². The molecule has 0 aliphatic rings. The molecule has 118 valence electrons. The molecule has 4 nitrogen and oxygen atoms in total. The third kappa shape index (κ3) is 6.11. The van der Waals surface area contributed by atoms with Gasteiger partial charge in [0, 0.05) is 11.6 Å². The monoisotopic (exact) mass is 328 g/mol. The number of benzene rings is 1. The van der Waals surface area contributed by atoms with Gasteiger partial charge >= 0.3 is 0 Å². The molecule has 0 aliphatic heterocycles. The Morgan fingerprint density at radius 3 is 2.67 bits per heavy atom. The molecule has 0 aromatic heterocycles. The standard InChI is InChI=1S/C15H24N2O2S2/c1-3-4-5-6-8-12(2)17-21(18,19)14-10-7-9-13(11-14)15(16)20/h7,9-12,17H,3-6,8H2,1-2H3,(H2,16,20). The first-order valence-corrected chi connectivity index (χ1v) is 9.18. The van der Waals surface area contributed by atoms with Gasteiger partial charge in [-0.05, 0) is 25.5 Å². The second-order valence-electron chi connectivity index (χ2n) is 5.26. The maximum atomic E-state index is 12.3. The molecular weight excluding hydrogens is 304 g/mol. The van der Waals surface area contributed by atoms with E-state index in [9.17, 15) is 8.42 Å². The number of unbranched alkanes of at least 4 members (excludes halogenated alkanes) is 3. The van der Waals surface area contributed by atoms with Crippen LogP contribution in [0.15, 0.2) is 29.2 Å². The average molecular weight is 329 g/mol. The van der Waals surface area contributed by atoms with E-state index < -0.39 is 10.0 Å². The first kappa shape index (κ1) is 18.1. The van der Waals surface area contributed by atoms with Gasteiger partial charge in [-0.1, -0.05) is 57.0 Å². The first-order valence-electron chi connectivity index (χ1n) is 7.29. The summed E-state index contributed by atoms with van der Waals surface area (Å²) in [6.07, 6.45) is 5.37. The highest BCUT2D eigenvalue weighted by atomic mass is 32.2. The maximum absolute atomic E-state index is 12.3. The van der Waals surface area contributed by atoms with Crippen molar-refractivity contribution in [3.05, 3.63) is 29.8 Å². The fraction of sp³-hybridized carbons (Fsp3) is 0.533. The van der Waals surface area contributed by atoms with Crippen LogP contribution in [0.1, 0.15) is 51.5 Å². The second kappa shape index (κ2) is 8.46. The van der Waals surface area contributed by atoms with Crippen LogP contribution >= 0.6 is 12.2 Å². The van der Waals surface area contributed by atoms with Gasteiger partial charge in [0.15, 0.2) is 0 Å². The van der Waals surface area contributed by atoms with E-state index in [2.05, 4.69) is 11.6 Å². The van der Waals surface area contributed by atoms with E-state index in [1.807, 2.05) is 6.92 Å². The maximum Gasteiger partial charge on any atom is 0.240 e. The van der Waals surface area contributed by atoms with E-state index in [-0.39, 0.29) is 15.9 Å². The fourth-order valence-corrected chi connectivity index (χ4v) is 3.54. The van der Waals surface area contributed by atoms with Crippen molar-refractivity contribution >= 4 is 27.2 Å². The third-order valence-corrected chi connectivity index (χ3v) is 5.10. The van der Waals surface area contributed by atoms with Crippen LogP contribution in [0.25, 0.3) is 0 Å². The predicted molar refractivity (Wildman–Crippen MR) is 90.9 cm³/mol. The number of thiocarbonyl (C=S) groups is 1. The highest BCUT2D eigenvalue weighted by molar-refractivity contribution is 7.89. The molecule has 0 fully saturated rings. The van der Waals surface area contributed by atoms with Gasteiger partial charge in [0.05, 0.1) is 4.90 Å². The van der Waals surface area contributed by atoms with Crippen molar-refractivity contribution in [1.82, 2.24) is 4.72 Å². The van der Waals surface area contributed by atoms with Crippen molar-refractivity contribution in [2.24, 2.45) is 5.73 Å². The summed E-state index contributed by atoms with van der Waals surface area (Å²) in [7, 11) is -3.52.